The number of nitrogens with zero attached hydrogens (tertiary/aromatic N) is 2. The number of sulfonamides is 1. The lowest BCUT2D eigenvalue weighted by Crippen LogP contribution is -2.55. The first-order valence-electron chi connectivity index (χ1n) is 6.20. The molecule has 0 radical (unpaired) electrons. The fourth-order valence-corrected chi connectivity index (χ4v) is 3.94. The molecule has 0 unspecified atom stereocenters. The van der Waals surface area contributed by atoms with E-state index in [2.05, 4.69) is 5.32 Å². The van der Waals surface area contributed by atoms with Gasteiger partial charge in [-0.3, -0.25) is 0 Å². The molecular formula is C13H17N3O2S. The molecule has 2 rings (SSSR count). The molecule has 0 aliphatic carbocycles. The van der Waals surface area contributed by atoms with E-state index >= 15 is 0 Å². The van der Waals surface area contributed by atoms with Crippen molar-refractivity contribution in [1.82, 2.24) is 9.62 Å². The van der Waals surface area contributed by atoms with Gasteiger partial charge in [0, 0.05) is 25.2 Å². The van der Waals surface area contributed by atoms with Crippen LogP contribution in [0.1, 0.15) is 19.4 Å². The minimum absolute atomic E-state index is 0.136. The minimum Gasteiger partial charge on any atom is -0.309 e. The smallest absolute Gasteiger partial charge is 0.243 e. The van der Waals surface area contributed by atoms with E-state index in [1.54, 1.807) is 0 Å². The van der Waals surface area contributed by atoms with Crippen LogP contribution in [0.4, 0.5) is 0 Å². The molecule has 1 aromatic rings. The maximum atomic E-state index is 12.5. The summed E-state index contributed by atoms with van der Waals surface area (Å²) in [5.74, 6) is 0. The van der Waals surface area contributed by atoms with Crippen molar-refractivity contribution in [3.8, 4) is 6.07 Å². The summed E-state index contributed by atoms with van der Waals surface area (Å²) in [6.07, 6.45) is 0. The highest BCUT2D eigenvalue weighted by molar-refractivity contribution is 7.89. The average Bonchev–Trinajstić information content (AvgIpc) is 2.37. The van der Waals surface area contributed by atoms with E-state index in [4.69, 9.17) is 5.26 Å². The monoisotopic (exact) mass is 279 g/mol. The van der Waals surface area contributed by atoms with E-state index in [0.717, 1.165) is 0 Å². The van der Waals surface area contributed by atoms with E-state index < -0.39 is 10.0 Å². The minimum atomic E-state index is -3.47. The zero-order valence-corrected chi connectivity index (χ0v) is 11.8. The third kappa shape index (κ3) is 2.95. The Hall–Kier alpha value is -1.42. The van der Waals surface area contributed by atoms with Gasteiger partial charge in [0.1, 0.15) is 0 Å². The Labute approximate surface area is 113 Å². The average molecular weight is 279 g/mol. The van der Waals surface area contributed by atoms with E-state index in [1.807, 2.05) is 19.9 Å². The number of rotatable bonds is 2. The summed E-state index contributed by atoms with van der Waals surface area (Å²) in [4.78, 5) is 0.243. The lowest BCUT2D eigenvalue weighted by atomic mass is 10.2. The predicted octanol–water partition coefficient (Wildman–Crippen LogP) is 0.929. The van der Waals surface area contributed by atoms with Crippen LogP contribution >= 0.6 is 0 Å². The molecule has 0 spiro atoms. The maximum Gasteiger partial charge on any atom is 0.243 e. The Bertz CT molecular complexity index is 579. The topological polar surface area (TPSA) is 73.2 Å². The van der Waals surface area contributed by atoms with Gasteiger partial charge in [-0.1, -0.05) is 0 Å². The summed E-state index contributed by atoms with van der Waals surface area (Å²) in [6.45, 7) is 4.87. The molecular weight excluding hydrogens is 262 g/mol. The molecule has 0 aromatic heterocycles. The molecule has 1 aliphatic rings. The fourth-order valence-electron chi connectivity index (χ4n) is 2.32. The molecule has 102 valence electrons. The highest BCUT2D eigenvalue weighted by atomic mass is 32.2. The van der Waals surface area contributed by atoms with Gasteiger partial charge in [-0.15, -0.1) is 0 Å². The normalized spacial score (nSPS) is 24.9. The molecule has 0 amide bonds. The van der Waals surface area contributed by atoms with Crippen LogP contribution in [0.25, 0.3) is 0 Å². The zero-order valence-electron chi connectivity index (χ0n) is 11.0. The highest BCUT2D eigenvalue weighted by Crippen LogP contribution is 2.19. The summed E-state index contributed by atoms with van der Waals surface area (Å²) in [7, 11) is -3.47. The molecule has 2 atom stereocenters. The number of nitriles is 1. The largest absolute Gasteiger partial charge is 0.309 e. The number of nitrogens with one attached hydrogen (secondary N) is 1. The summed E-state index contributed by atoms with van der Waals surface area (Å²) in [6, 6.07) is 8.29. The van der Waals surface area contributed by atoms with Crippen LogP contribution in [-0.2, 0) is 10.0 Å². The summed E-state index contributed by atoms with van der Waals surface area (Å²) in [5.41, 5.74) is 0.459. The van der Waals surface area contributed by atoms with Crippen molar-refractivity contribution in [2.45, 2.75) is 30.8 Å². The maximum absolute atomic E-state index is 12.5. The molecule has 1 aliphatic heterocycles. The van der Waals surface area contributed by atoms with Crippen molar-refractivity contribution >= 4 is 10.0 Å². The molecule has 1 fully saturated rings. The summed E-state index contributed by atoms with van der Waals surface area (Å²) >= 11 is 0. The van der Waals surface area contributed by atoms with Crippen LogP contribution in [0.3, 0.4) is 0 Å². The first-order valence-corrected chi connectivity index (χ1v) is 7.64. The lowest BCUT2D eigenvalue weighted by Gasteiger charge is -2.35. The molecule has 5 nitrogen and oxygen atoms in total. The Morgan fingerprint density at radius 2 is 1.74 bits per heavy atom. The van der Waals surface area contributed by atoms with Crippen molar-refractivity contribution in [3.05, 3.63) is 29.8 Å². The van der Waals surface area contributed by atoms with Gasteiger partial charge in [-0.25, -0.2) is 8.42 Å². The second kappa shape index (κ2) is 5.29. The van der Waals surface area contributed by atoms with E-state index in [9.17, 15) is 8.42 Å². The first-order chi connectivity index (χ1) is 8.93. The van der Waals surface area contributed by atoms with Gasteiger partial charge in [0.2, 0.25) is 10.0 Å². The van der Waals surface area contributed by atoms with Gasteiger partial charge >= 0.3 is 0 Å². The molecule has 1 N–H and O–H groups in total. The van der Waals surface area contributed by atoms with Crippen LogP contribution in [0.15, 0.2) is 29.2 Å². The quantitative estimate of drug-likeness (QED) is 0.874. The van der Waals surface area contributed by atoms with Gasteiger partial charge in [0.05, 0.1) is 16.5 Å². The van der Waals surface area contributed by atoms with Gasteiger partial charge in [0.25, 0.3) is 0 Å². The molecule has 19 heavy (non-hydrogen) atoms. The SMILES string of the molecule is C[C@H]1CN(S(=O)(=O)c2ccc(C#N)cc2)C[C@H](C)N1. The number of hydrogen-bond acceptors (Lipinski definition) is 4. The van der Waals surface area contributed by atoms with Gasteiger partial charge < -0.3 is 5.32 Å². The number of piperazine rings is 1. The predicted molar refractivity (Wildman–Crippen MR) is 72.0 cm³/mol. The molecule has 1 heterocycles. The van der Waals surface area contributed by atoms with E-state index in [1.165, 1.54) is 28.6 Å². The molecule has 0 saturated carbocycles. The van der Waals surface area contributed by atoms with Crippen LogP contribution in [0.2, 0.25) is 0 Å². The summed E-state index contributed by atoms with van der Waals surface area (Å²) in [5, 5.41) is 12.0. The Morgan fingerprint density at radius 3 is 2.21 bits per heavy atom. The molecule has 1 saturated heterocycles. The van der Waals surface area contributed by atoms with E-state index in [-0.39, 0.29) is 17.0 Å². The third-order valence-corrected chi connectivity index (χ3v) is 4.99. The van der Waals surface area contributed by atoms with Gasteiger partial charge in [0.15, 0.2) is 0 Å². The Kier molecular flexibility index (Phi) is 3.90. The fraction of sp³-hybridized carbons (Fsp3) is 0.462. The van der Waals surface area contributed by atoms with Crippen molar-refractivity contribution in [2.24, 2.45) is 0 Å². The molecule has 0 bridgehead atoms. The van der Waals surface area contributed by atoms with Crippen molar-refractivity contribution in [1.29, 1.82) is 5.26 Å². The van der Waals surface area contributed by atoms with Crippen LogP contribution in [0.5, 0.6) is 0 Å². The highest BCUT2D eigenvalue weighted by Gasteiger charge is 2.31. The van der Waals surface area contributed by atoms with Gasteiger partial charge in [-0.05, 0) is 38.1 Å². The standard InChI is InChI=1S/C13H17N3O2S/c1-10-8-16(9-11(2)15-10)19(17,18)13-5-3-12(7-14)4-6-13/h3-6,10-11,15H,8-9H2,1-2H3/t10-,11-/m0/s1. The Morgan fingerprint density at radius 1 is 1.21 bits per heavy atom. The van der Waals surface area contributed by atoms with Crippen molar-refractivity contribution in [3.63, 3.8) is 0 Å². The molecule has 1 aromatic carbocycles. The number of hydrogen-bond donors (Lipinski definition) is 1. The van der Waals surface area contributed by atoms with E-state index in [0.29, 0.717) is 18.7 Å². The second-order valence-electron chi connectivity index (χ2n) is 4.93. The number of benzene rings is 1. The van der Waals surface area contributed by atoms with Crippen molar-refractivity contribution in [2.75, 3.05) is 13.1 Å². The lowest BCUT2D eigenvalue weighted by molar-refractivity contribution is 0.263. The first kappa shape index (κ1) is 14.0. The van der Waals surface area contributed by atoms with Gasteiger partial charge in [-0.2, -0.15) is 9.57 Å². The van der Waals surface area contributed by atoms with Crippen LogP contribution < -0.4 is 5.32 Å². The zero-order chi connectivity index (χ0) is 14.0. The summed E-state index contributed by atoms with van der Waals surface area (Å²) < 4.78 is 26.5. The third-order valence-electron chi connectivity index (χ3n) is 3.15. The Balaban J connectivity index is 2.28. The van der Waals surface area contributed by atoms with Crippen molar-refractivity contribution < 1.29 is 8.42 Å². The molecule has 6 heteroatoms. The van der Waals surface area contributed by atoms with Crippen LogP contribution in [0, 0.1) is 11.3 Å². The van der Waals surface area contributed by atoms with Crippen LogP contribution in [-0.4, -0.2) is 37.9 Å². The second-order valence-corrected chi connectivity index (χ2v) is 6.86.